The molecule has 6 heteroatoms. The van der Waals surface area contributed by atoms with Gasteiger partial charge in [0.15, 0.2) is 0 Å². The summed E-state index contributed by atoms with van der Waals surface area (Å²) in [4.78, 5) is 22.3. The van der Waals surface area contributed by atoms with E-state index in [9.17, 15) is 4.79 Å². The Morgan fingerprint density at radius 3 is 2.33 bits per heavy atom. The van der Waals surface area contributed by atoms with Gasteiger partial charge < -0.3 is 5.32 Å². The number of aliphatic imine (C=N–C) groups is 2. The Morgan fingerprint density at radius 2 is 1.64 bits per heavy atom. The van der Waals surface area contributed by atoms with E-state index in [1.165, 1.54) is 22.9 Å². The van der Waals surface area contributed by atoms with Crippen molar-refractivity contribution in [3.05, 3.63) is 94.0 Å². The lowest BCUT2D eigenvalue weighted by atomic mass is 10.1. The van der Waals surface area contributed by atoms with E-state index in [0.29, 0.717) is 23.7 Å². The van der Waals surface area contributed by atoms with Crippen LogP contribution in [0.5, 0.6) is 0 Å². The Balaban J connectivity index is 1.44. The number of amides is 1. The lowest BCUT2D eigenvalue weighted by Gasteiger charge is -2.08. The number of carbonyl (C=O) groups excluding carboxylic acids is 1. The van der Waals surface area contributed by atoms with E-state index in [2.05, 4.69) is 43.4 Å². The van der Waals surface area contributed by atoms with E-state index in [-0.39, 0.29) is 5.91 Å². The van der Waals surface area contributed by atoms with Crippen LogP contribution in [0.3, 0.4) is 0 Å². The van der Waals surface area contributed by atoms with Crippen LogP contribution in [0.4, 0.5) is 11.4 Å². The number of nitrogens with zero attached hydrogens (tertiary/aromatic N) is 2. The molecule has 0 bridgehead atoms. The number of carbonyl (C=O) groups is 1. The van der Waals surface area contributed by atoms with Crippen LogP contribution in [-0.4, -0.2) is 29.0 Å². The molecule has 4 nitrogen and oxygen atoms in total. The van der Waals surface area contributed by atoms with Crippen molar-refractivity contribution in [3.63, 3.8) is 0 Å². The normalized spacial score (nSPS) is 12.9. The van der Waals surface area contributed by atoms with E-state index in [4.69, 9.17) is 21.6 Å². The van der Waals surface area contributed by atoms with Gasteiger partial charge in [0.2, 0.25) is 5.91 Å². The van der Waals surface area contributed by atoms with Crippen LogP contribution in [0.25, 0.3) is 0 Å². The molecule has 168 valence electrons. The summed E-state index contributed by atoms with van der Waals surface area (Å²) in [5, 5.41) is 4.61. The third-order valence-electron chi connectivity index (χ3n) is 5.54. The first-order chi connectivity index (χ1) is 16.0. The molecule has 0 fully saturated rings. The Kier molecular flexibility index (Phi) is 7.63. The van der Waals surface area contributed by atoms with Crippen LogP contribution >= 0.6 is 23.4 Å². The van der Waals surface area contributed by atoms with Gasteiger partial charge in [-0.25, -0.2) is 4.99 Å². The number of rotatable bonds is 6. The van der Waals surface area contributed by atoms with E-state index < -0.39 is 0 Å². The Labute approximate surface area is 204 Å². The highest BCUT2D eigenvalue weighted by Gasteiger charge is 2.17. The largest absolute Gasteiger partial charge is 0.355 e. The lowest BCUT2D eigenvalue weighted by Crippen LogP contribution is -2.27. The van der Waals surface area contributed by atoms with Crippen molar-refractivity contribution < 1.29 is 4.79 Å². The maximum absolute atomic E-state index is 12.5. The highest BCUT2D eigenvalue weighted by molar-refractivity contribution is 8.14. The molecule has 3 aromatic rings. The molecule has 33 heavy (non-hydrogen) atoms. The van der Waals surface area contributed by atoms with E-state index in [1.807, 2.05) is 42.5 Å². The van der Waals surface area contributed by atoms with E-state index in [1.54, 1.807) is 0 Å². The predicted molar refractivity (Wildman–Crippen MR) is 141 cm³/mol. The first-order valence-corrected chi connectivity index (χ1v) is 12.3. The minimum absolute atomic E-state index is 0.000537. The molecule has 1 aliphatic heterocycles. The molecule has 1 heterocycles. The number of nitrogens with one attached hydrogen (secondary N) is 1. The van der Waals surface area contributed by atoms with Crippen molar-refractivity contribution in [3.8, 4) is 0 Å². The highest BCUT2D eigenvalue weighted by Crippen LogP contribution is 2.35. The van der Waals surface area contributed by atoms with Gasteiger partial charge in [-0.1, -0.05) is 54.1 Å². The number of fused-ring (bicyclic) bond motifs is 1. The molecule has 0 aromatic heterocycles. The zero-order valence-corrected chi connectivity index (χ0v) is 20.3. The predicted octanol–water partition coefficient (Wildman–Crippen LogP) is 6.60. The Bertz CT molecular complexity index is 1200. The Hall–Kier alpha value is -2.89. The molecule has 0 saturated carbocycles. The van der Waals surface area contributed by atoms with Crippen molar-refractivity contribution in [1.29, 1.82) is 0 Å². The first-order valence-electron chi connectivity index (χ1n) is 10.9. The van der Waals surface area contributed by atoms with Crippen molar-refractivity contribution >= 4 is 51.4 Å². The number of hydrogen-bond acceptors (Lipinski definition) is 4. The zero-order chi connectivity index (χ0) is 23.2. The molecule has 3 aromatic carbocycles. The average molecular weight is 476 g/mol. The minimum Gasteiger partial charge on any atom is -0.355 e. The number of thioether (sulfide) groups is 1. The molecule has 1 aliphatic rings. The summed E-state index contributed by atoms with van der Waals surface area (Å²) in [6, 6.07) is 22.0. The fourth-order valence-corrected chi connectivity index (χ4v) is 4.47. The topological polar surface area (TPSA) is 53.8 Å². The molecule has 4 rings (SSSR count). The van der Waals surface area contributed by atoms with Crippen LogP contribution in [0.15, 0.2) is 76.7 Å². The van der Waals surface area contributed by atoms with Crippen LogP contribution in [-0.2, 0) is 11.2 Å². The molecule has 0 spiro atoms. The summed E-state index contributed by atoms with van der Waals surface area (Å²) < 4.78 is 0. The van der Waals surface area contributed by atoms with E-state index in [0.717, 1.165) is 39.7 Å². The monoisotopic (exact) mass is 475 g/mol. The van der Waals surface area contributed by atoms with Gasteiger partial charge in [-0.2, -0.15) is 0 Å². The molecule has 0 radical (unpaired) electrons. The van der Waals surface area contributed by atoms with Gasteiger partial charge in [-0.3, -0.25) is 9.79 Å². The number of halogens is 1. The summed E-state index contributed by atoms with van der Waals surface area (Å²) in [6.45, 7) is 4.76. The van der Waals surface area contributed by atoms with Crippen LogP contribution in [0.2, 0.25) is 5.02 Å². The molecular formula is C27H26ClN3OS. The SMILES string of the molecule is Cc1cc2c(cc1C)N=C(c1ccccc1)CC(SCC(=O)NCCc1ccc(Cl)cc1)=N2. The summed E-state index contributed by atoms with van der Waals surface area (Å²) >= 11 is 7.41. The maximum atomic E-state index is 12.5. The third kappa shape index (κ3) is 6.34. The molecular weight excluding hydrogens is 450 g/mol. The molecule has 1 amide bonds. The van der Waals surface area contributed by atoms with Gasteiger partial charge in [0.1, 0.15) is 0 Å². The third-order valence-corrected chi connectivity index (χ3v) is 6.76. The van der Waals surface area contributed by atoms with E-state index >= 15 is 0 Å². The Morgan fingerprint density at radius 1 is 0.970 bits per heavy atom. The molecule has 0 aliphatic carbocycles. The second-order valence-corrected chi connectivity index (χ2v) is 9.53. The van der Waals surface area contributed by atoms with Gasteiger partial charge in [-0.05, 0) is 66.8 Å². The van der Waals surface area contributed by atoms with Crippen molar-refractivity contribution in [2.24, 2.45) is 9.98 Å². The maximum Gasteiger partial charge on any atom is 0.230 e. The second kappa shape index (κ2) is 10.8. The first kappa shape index (κ1) is 23.3. The highest BCUT2D eigenvalue weighted by atomic mass is 35.5. The van der Waals surface area contributed by atoms with Gasteiger partial charge in [0, 0.05) is 18.0 Å². The van der Waals surface area contributed by atoms with Gasteiger partial charge >= 0.3 is 0 Å². The second-order valence-electron chi connectivity index (χ2n) is 8.05. The van der Waals surface area contributed by atoms with Gasteiger partial charge in [-0.15, -0.1) is 11.8 Å². The number of aryl methyl sites for hydroxylation is 2. The molecule has 0 unspecified atom stereocenters. The number of hydrogen-bond donors (Lipinski definition) is 1. The van der Waals surface area contributed by atoms with Crippen LogP contribution in [0.1, 0.15) is 28.7 Å². The standard InChI is InChI=1S/C27H26ClN3OS/c1-18-14-24-25(15-19(18)2)31-27(16-23(30-24)21-6-4-3-5-7-21)33-17-26(32)29-13-12-20-8-10-22(28)11-9-20/h3-11,14-15H,12-13,16-17H2,1-2H3,(H,29,32). The van der Waals surface area contributed by atoms with Crippen LogP contribution < -0.4 is 5.32 Å². The quantitative estimate of drug-likeness (QED) is 0.436. The van der Waals surface area contributed by atoms with Crippen molar-refractivity contribution in [2.45, 2.75) is 26.7 Å². The summed E-state index contributed by atoms with van der Waals surface area (Å²) in [5.41, 5.74) is 7.29. The summed E-state index contributed by atoms with van der Waals surface area (Å²) in [6.07, 6.45) is 1.37. The smallest absolute Gasteiger partial charge is 0.230 e. The van der Waals surface area contributed by atoms with Crippen LogP contribution in [0, 0.1) is 13.8 Å². The zero-order valence-electron chi connectivity index (χ0n) is 18.8. The van der Waals surface area contributed by atoms with Crippen molar-refractivity contribution in [2.75, 3.05) is 12.3 Å². The molecule has 0 atom stereocenters. The fourth-order valence-electron chi connectivity index (χ4n) is 3.54. The molecule has 0 saturated heterocycles. The van der Waals surface area contributed by atoms with Crippen molar-refractivity contribution in [1.82, 2.24) is 5.32 Å². The number of benzene rings is 3. The molecule has 1 N–H and O–H groups in total. The van der Waals surface area contributed by atoms with Gasteiger partial charge in [0.05, 0.1) is 27.9 Å². The summed E-state index contributed by atoms with van der Waals surface area (Å²) in [7, 11) is 0. The minimum atomic E-state index is -0.000537. The average Bonchev–Trinajstić information content (AvgIpc) is 2.99. The lowest BCUT2D eigenvalue weighted by molar-refractivity contribution is -0.118. The van der Waals surface area contributed by atoms with Gasteiger partial charge in [0.25, 0.3) is 0 Å². The fraction of sp³-hybridized carbons (Fsp3) is 0.222. The summed E-state index contributed by atoms with van der Waals surface area (Å²) in [5.74, 6) is 0.321.